The number of amides is 2. The molecule has 1 aromatic carbocycles. The molecular weight excluding hydrogens is 260 g/mol. The largest absolute Gasteiger partial charge is 0.398 e. The highest BCUT2D eigenvalue weighted by Gasteiger charge is 2.40. The number of carbonyl (C=O) groups is 2. The molecule has 1 fully saturated rings. The van der Waals surface area contributed by atoms with Crippen LogP contribution in [0.3, 0.4) is 0 Å². The van der Waals surface area contributed by atoms with Crippen molar-refractivity contribution in [3.8, 4) is 0 Å². The van der Waals surface area contributed by atoms with Crippen molar-refractivity contribution in [1.29, 1.82) is 0 Å². The van der Waals surface area contributed by atoms with Gasteiger partial charge in [-0.2, -0.15) is 0 Å². The number of aryl methyl sites for hydroxylation is 1. The minimum atomic E-state index is -0.348. The summed E-state index contributed by atoms with van der Waals surface area (Å²) in [5, 5.41) is -0.348. The molecule has 0 saturated carbocycles. The first-order chi connectivity index (χ1) is 8.91. The van der Waals surface area contributed by atoms with E-state index in [2.05, 4.69) is 0 Å². The second kappa shape index (κ2) is 5.25. The molecule has 1 aromatic rings. The van der Waals surface area contributed by atoms with Gasteiger partial charge in [0.15, 0.2) is 0 Å². The average Bonchev–Trinajstić information content (AvgIpc) is 2.60. The molecule has 0 bridgehead atoms. The molecule has 2 N–H and O–H groups in total. The maximum atomic E-state index is 12.2. The van der Waals surface area contributed by atoms with Crippen molar-refractivity contribution in [1.82, 2.24) is 4.90 Å². The average molecular weight is 278 g/mol. The Bertz CT molecular complexity index is 528. The fourth-order valence-corrected chi connectivity index (χ4v) is 3.36. The molecule has 1 unspecified atom stereocenters. The van der Waals surface area contributed by atoms with Crippen LogP contribution in [0.5, 0.6) is 0 Å². The number of nitrogens with two attached hydrogens (primary N) is 1. The molecule has 0 spiro atoms. The van der Waals surface area contributed by atoms with Crippen LogP contribution in [-0.2, 0) is 9.59 Å². The zero-order valence-corrected chi connectivity index (χ0v) is 12.2. The van der Waals surface area contributed by atoms with Crippen molar-refractivity contribution in [2.45, 2.75) is 43.4 Å². The minimum absolute atomic E-state index is 0.0829. The number of likely N-dealkylation sites (tertiary alicyclic amines) is 1. The first kappa shape index (κ1) is 13.9. The molecule has 1 saturated heterocycles. The Hall–Kier alpha value is -1.49. The van der Waals surface area contributed by atoms with Crippen LogP contribution < -0.4 is 5.73 Å². The molecule has 0 aliphatic carbocycles. The second-order valence-corrected chi connectivity index (χ2v) is 6.24. The van der Waals surface area contributed by atoms with Crippen molar-refractivity contribution < 1.29 is 9.59 Å². The zero-order chi connectivity index (χ0) is 14.2. The van der Waals surface area contributed by atoms with E-state index in [1.165, 1.54) is 16.7 Å². The molecule has 0 radical (unpaired) electrons. The number of para-hydroxylation sites is 1. The Morgan fingerprint density at radius 3 is 2.63 bits per heavy atom. The number of thioether (sulfide) groups is 1. The Balaban J connectivity index is 2.19. The summed E-state index contributed by atoms with van der Waals surface area (Å²) in [5.74, 6) is -0.199. The summed E-state index contributed by atoms with van der Waals surface area (Å²) in [5.41, 5.74) is 7.68. The number of imide groups is 1. The van der Waals surface area contributed by atoms with E-state index in [-0.39, 0.29) is 29.5 Å². The van der Waals surface area contributed by atoms with Gasteiger partial charge in [0.25, 0.3) is 0 Å². The van der Waals surface area contributed by atoms with Gasteiger partial charge in [0.1, 0.15) is 0 Å². The lowest BCUT2D eigenvalue weighted by Gasteiger charge is -2.19. The number of nitrogens with zero attached hydrogens (tertiary/aromatic N) is 1. The van der Waals surface area contributed by atoms with Gasteiger partial charge in [0.2, 0.25) is 11.8 Å². The summed E-state index contributed by atoms with van der Waals surface area (Å²) < 4.78 is 0. The topological polar surface area (TPSA) is 63.4 Å². The molecule has 5 heteroatoms. The molecule has 2 rings (SSSR count). The van der Waals surface area contributed by atoms with Crippen LogP contribution in [0.15, 0.2) is 23.1 Å². The Morgan fingerprint density at radius 1 is 1.37 bits per heavy atom. The number of hydrogen-bond acceptors (Lipinski definition) is 4. The lowest BCUT2D eigenvalue weighted by molar-refractivity contribution is -0.140. The van der Waals surface area contributed by atoms with E-state index in [1.807, 2.05) is 39.0 Å². The normalized spacial score (nSPS) is 19.6. The Labute approximate surface area is 117 Å². The van der Waals surface area contributed by atoms with E-state index in [9.17, 15) is 9.59 Å². The lowest BCUT2D eigenvalue weighted by Crippen LogP contribution is -2.37. The van der Waals surface area contributed by atoms with Gasteiger partial charge in [-0.3, -0.25) is 14.5 Å². The van der Waals surface area contributed by atoms with E-state index in [4.69, 9.17) is 5.73 Å². The predicted octanol–water partition coefficient (Wildman–Crippen LogP) is 2.21. The van der Waals surface area contributed by atoms with Crippen molar-refractivity contribution in [2.24, 2.45) is 0 Å². The fourth-order valence-electron chi connectivity index (χ4n) is 2.17. The number of carbonyl (C=O) groups excluding carboxylic acids is 2. The van der Waals surface area contributed by atoms with E-state index in [0.717, 1.165) is 10.5 Å². The molecule has 1 aliphatic rings. The van der Waals surface area contributed by atoms with Gasteiger partial charge < -0.3 is 5.73 Å². The van der Waals surface area contributed by atoms with E-state index in [0.29, 0.717) is 5.69 Å². The van der Waals surface area contributed by atoms with E-state index < -0.39 is 0 Å². The minimum Gasteiger partial charge on any atom is -0.398 e. The highest BCUT2D eigenvalue weighted by molar-refractivity contribution is 8.00. The summed E-state index contributed by atoms with van der Waals surface area (Å²) in [6, 6.07) is 5.65. The summed E-state index contributed by atoms with van der Waals surface area (Å²) in [7, 11) is 0. The SMILES string of the molecule is Cc1cccc(SC2CC(=O)N(C(C)C)C2=O)c1N. The van der Waals surface area contributed by atoms with Crippen LogP contribution in [0.4, 0.5) is 5.69 Å². The summed E-state index contributed by atoms with van der Waals surface area (Å²) >= 11 is 1.39. The molecule has 2 amide bonds. The highest BCUT2D eigenvalue weighted by Crippen LogP contribution is 2.36. The number of anilines is 1. The maximum absolute atomic E-state index is 12.2. The molecular formula is C14H18N2O2S. The third-order valence-electron chi connectivity index (χ3n) is 3.21. The Kier molecular flexibility index (Phi) is 3.85. The standard InChI is InChI=1S/C14H18N2O2S/c1-8(2)16-12(17)7-11(14(16)18)19-10-6-4-5-9(3)13(10)15/h4-6,8,11H,7,15H2,1-3H3. The van der Waals surface area contributed by atoms with Crippen LogP contribution in [-0.4, -0.2) is 28.0 Å². The zero-order valence-electron chi connectivity index (χ0n) is 11.3. The predicted molar refractivity (Wildman–Crippen MR) is 76.8 cm³/mol. The quantitative estimate of drug-likeness (QED) is 0.680. The van der Waals surface area contributed by atoms with Gasteiger partial charge in [-0.15, -0.1) is 11.8 Å². The van der Waals surface area contributed by atoms with Gasteiger partial charge in [-0.25, -0.2) is 0 Å². The van der Waals surface area contributed by atoms with Gasteiger partial charge in [0, 0.05) is 23.0 Å². The Morgan fingerprint density at radius 2 is 2.05 bits per heavy atom. The molecule has 1 atom stereocenters. The van der Waals surface area contributed by atoms with Crippen LogP contribution in [0.25, 0.3) is 0 Å². The lowest BCUT2D eigenvalue weighted by atomic mass is 10.2. The monoisotopic (exact) mass is 278 g/mol. The van der Waals surface area contributed by atoms with Crippen LogP contribution in [0.2, 0.25) is 0 Å². The number of nitrogen functional groups attached to an aromatic ring is 1. The summed E-state index contributed by atoms with van der Waals surface area (Å²) in [6.07, 6.45) is 0.259. The molecule has 1 aliphatic heterocycles. The molecule has 1 heterocycles. The van der Waals surface area contributed by atoms with Crippen LogP contribution in [0.1, 0.15) is 25.8 Å². The summed E-state index contributed by atoms with van der Waals surface area (Å²) in [4.78, 5) is 26.3. The smallest absolute Gasteiger partial charge is 0.243 e. The van der Waals surface area contributed by atoms with Gasteiger partial charge in [-0.05, 0) is 32.4 Å². The first-order valence-electron chi connectivity index (χ1n) is 6.29. The van der Waals surface area contributed by atoms with E-state index in [1.54, 1.807) is 0 Å². The molecule has 4 nitrogen and oxygen atoms in total. The first-order valence-corrected chi connectivity index (χ1v) is 7.17. The number of hydrogen-bond donors (Lipinski definition) is 1. The van der Waals surface area contributed by atoms with Crippen molar-refractivity contribution in [3.05, 3.63) is 23.8 Å². The van der Waals surface area contributed by atoms with Gasteiger partial charge in [0.05, 0.1) is 5.25 Å². The third kappa shape index (κ3) is 2.61. The second-order valence-electron chi connectivity index (χ2n) is 4.99. The maximum Gasteiger partial charge on any atom is 0.243 e. The van der Waals surface area contributed by atoms with Crippen molar-refractivity contribution >= 4 is 29.3 Å². The highest BCUT2D eigenvalue weighted by atomic mass is 32.2. The van der Waals surface area contributed by atoms with Crippen LogP contribution >= 0.6 is 11.8 Å². The summed E-state index contributed by atoms with van der Waals surface area (Å²) in [6.45, 7) is 5.63. The van der Waals surface area contributed by atoms with Crippen molar-refractivity contribution in [3.63, 3.8) is 0 Å². The number of benzene rings is 1. The fraction of sp³-hybridized carbons (Fsp3) is 0.429. The van der Waals surface area contributed by atoms with Gasteiger partial charge in [-0.1, -0.05) is 12.1 Å². The van der Waals surface area contributed by atoms with Gasteiger partial charge >= 0.3 is 0 Å². The molecule has 19 heavy (non-hydrogen) atoms. The third-order valence-corrected chi connectivity index (χ3v) is 4.47. The van der Waals surface area contributed by atoms with E-state index >= 15 is 0 Å². The van der Waals surface area contributed by atoms with Crippen LogP contribution in [0, 0.1) is 6.92 Å². The molecule has 102 valence electrons. The molecule has 0 aromatic heterocycles. The van der Waals surface area contributed by atoms with Crippen molar-refractivity contribution in [2.75, 3.05) is 5.73 Å². The number of rotatable bonds is 3.